The molecule has 0 radical (unpaired) electrons. The lowest BCUT2D eigenvalue weighted by Gasteiger charge is -2.17. The summed E-state index contributed by atoms with van der Waals surface area (Å²) in [6.07, 6.45) is 0.877. The summed E-state index contributed by atoms with van der Waals surface area (Å²) in [5.74, 6) is 0.282. The minimum Gasteiger partial charge on any atom is -0.508 e. The Morgan fingerprint density at radius 2 is 0.925 bits per heavy atom. The van der Waals surface area contributed by atoms with Crippen molar-refractivity contribution in [2.24, 2.45) is 0 Å². The lowest BCUT2D eigenvalue weighted by Crippen LogP contribution is -1.94. The highest BCUT2D eigenvalue weighted by Crippen LogP contribution is 2.48. The van der Waals surface area contributed by atoms with Crippen LogP contribution in [0.4, 0.5) is 0 Å². The molecule has 188 valence electrons. The van der Waals surface area contributed by atoms with Crippen molar-refractivity contribution >= 4 is 21.5 Å². The van der Waals surface area contributed by atoms with E-state index in [1.807, 2.05) is 12.1 Å². The van der Waals surface area contributed by atoms with Crippen LogP contribution in [0, 0.1) is 0 Å². The van der Waals surface area contributed by atoms with Gasteiger partial charge in [-0.3, -0.25) is 0 Å². The lowest BCUT2D eigenvalue weighted by molar-refractivity contribution is 0.475. The first-order chi connectivity index (χ1) is 19.7. The predicted octanol–water partition coefficient (Wildman–Crippen LogP) is 10.3. The van der Waals surface area contributed by atoms with Crippen LogP contribution in [-0.2, 0) is 6.42 Å². The zero-order valence-corrected chi connectivity index (χ0v) is 21.9. The van der Waals surface area contributed by atoms with Crippen LogP contribution in [0.3, 0.4) is 0 Å². The van der Waals surface area contributed by atoms with Crippen LogP contribution in [0.5, 0.6) is 5.75 Å². The zero-order valence-electron chi connectivity index (χ0n) is 21.9. The number of hydrogen-bond donors (Lipinski definition) is 1. The second kappa shape index (κ2) is 8.97. The molecule has 0 aliphatic heterocycles. The molecule has 0 amide bonds. The molecule has 1 nitrogen and oxygen atoms in total. The minimum atomic E-state index is 0.282. The van der Waals surface area contributed by atoms with Crippen molar-refractivity contribution in [3.05, 3.63) is 151 Å². The van der Waals surface area contributed by atoms with Gasteiger partial charge in [0.2, 0.25) is 0 Å². The van der Waals surface area contributed by atoms with Gasteiger partial charge >= 0.3 is 0 Å². The average Bonchev–Trinajstić information content (AvgIpc) is 3.39. The topological polar surface area (TPSA) is 20.2 Å². The molecule has 40 heavy (non-hydrogen) atoms. The van der Waals surface area contributed by atoms with E-state index in [1.165, 1.54) is 71.6 Å². The number of rotatable bonds is 3. The minimum absolute atomic E-state index is 0.282. The van der Waals surface area contributed by atoms with Crippen LogP contribution >= 0.6 is 0 Å². The molecule has 1 aliphatic rings. The summed E-state index contributed by atoms with van der Waals surface area (Å²) in [4.78, 5) is 0. The molecule has 0 aromatic heterocycles. The lowest BCUT2D eigenvalue weighted by atomic mass is 9.87. The van der Waals surface area contributed by atoms with E-state index in [0.717, 1.165) is 12.0 Å². The van der Waals surface area contributed by atoms with Crippen molar-refractivity contribution < 1.29 is 5.11 Å². The van der Waals surface area contributed by atoms with Gasteiger partial charge in [0.15, 0.2) is 0 Å². The standard InChI is InChI=1S/C39H26O/c40-32-18-16-27(17-19-32)34-20-21-36-35-11-5-10-33(30-14-12-25-6-1-3-8-28(25)22-30)37(35)24-38(36)39(34)31-15-13-26-7-2-4-9-29(26)23-31/h1-23,40H,24H2. The Hall–Kier alpha value is -5.14. The molecule has 0 bridgehead atoms. The van der Waals surface area contributed by atoms with Gasteiger partial charge in [0.05, 0.1) is 0 Å². The maximum Gasteiger partial charge on any atom is 0.115 e. The zero-order chi connectivity index (χ0) is 26.6. The first-order valence-electron chi connectivity index (χ1n) is 13.8. The molecule has 0 saturated carbocycles. The molecular weight excluding hydrogens is 484 g/mol. The number of phenolic OH excluding ortho intramolecular Hbond substituents is 1. The van der Waals surface area contributed by atoms with Gasteiger partial charge in [0, 0.05) is 0 Å². The molecule has 0 atom stereocenters. The molecule has 8 rings (SSSR count). The Morgan fingerprint density at radius 3 is 1.65 bits per heavy atom. The van der Waals surface area contributed by atoms with E-state index < -0.39 is 0 Å². The molecule has 0 saturated heterocycles. The highest BCUT2D eigenvalue weighted by Gasteiger charge is 2.26. The van der Waals surface area contributed by atoms with Crippen molar-refractivity contribution in [2.75, 3.05) is 0 Å². The third-order valence-electron chi connectivity index (χ3n) is 8.41. The van der Waals surface area contributed by atoms with E-state index in [0.29, 0.717) is 0 Å². The number of phenols is 1. The van der Waals surface area contributed by atoms with Crippen molar-refractivity contribution in [3.63, 3.8) is 0 Å². The second-order valence-corrected chi connectivity index (χ2v) is 10.7. The molecule has 7 aromatic rings. The summed E-state index contributed by atoms with van der Waals surface area (Å²) in [5.41, 5.74) is 12.7. The fraction of sp³-hybridized carbons (Fsp3) is 0.0256. The van der Waals surface area contributed by atoms with Crippen LogP contribution in [0.15, 0.2) is 140 Å². The summed E-state index contributed by atoms with van der Waals surface area (Å²) >= 11 is 0. The summed E-state index contributed by atoms with van der Waals surface area (Å²) in [7, 11) is 0. The summed E-state index contributed by atoms with van der Waals surface area (Å²) in [5, 5.41) is 15.0. The fourth-order valence-electron chi connectivity index (χ4n) is 6.47. The maximum absolute atomic E-state index is 9.99. The van der Waals surface area contributed by atoms with Gasteiger partial charge in [-0.2, -0.15) is 0 Å². The predicted molar refractivity (Wildman–Crippen MR) is 168 cm³/mol. The van der Waals surface area contributed by atoms with Gasteiger partial charge < -0.3 is 5.11 Å². The second-order valence-electron chi connectivity index (χ2n) is 10.7. The number of aromatic hydroxyl groups is 1. The quantitative estimate of drug-likeness (QED) is 0.251. The molecule has 0 unspecified atom stereocenters. The molecule has 1 N–H and O–H groups in total. The molecule has 0 spiro atoms. The molecule has 0 heterocycles. The third kappa shape index (κ3) is 3.63. The van der Waals surface area contributed by atoms with Crippen LogP contribution in [0.1, 0.15) is 11.1 Å². The van der Waals surface area contributed by atoms with Gasteiger partial charge in [0.25, 0.3) is 0 Å². The SMILES string of the molecule is Oc1ccc(-c2ccc3c(c2-c2ccc4ccccc4c2)Cc2c(-c4ccc5ccccc5c4)cccc2-3)cc1. The Bertz CT molecular complexity index is 2080. The highest BCUT2D eigenvalue weighted by atomic mass is 16.3. The van der Waals surface area contributed by atoms with Gasteiger partial charge in [-0.05, 0) is 108 Å². The summed E-state index contributed by atoms with van der Waals surface area (Å²) in [6, 6.07) is 49.6. The van der Waals surface area contributed by atoms with Gasteiger partial charge in [-0.15, -0.1) is 0 Å². The maximum atomic E-state index is 9.99. The molecular formula is C39H26O. The van der Waals surface area contributed by atoms with E-state index in [1.54, 1.807) is 12.1 Å². The first-order valence-corrected chi connectivity index (χ1v) is 13.8. The summed E-state index contributed by atoms with van der Waals surface area (Å²) in [6.45, 7) is 0. The Labute approximate surface area is 233 Å². The van der Waals surface area contributed by atoms with Crippen LogP contribution in [-0.4, -0.2) is 5.11 Å². The Balaban J connectivity index is 1.35. The monoisotopic (exact) mass is 510 g/mol. The smallest absolute Gasteiger partial charge is 0.115 e. The van der Waals surface area contributed by atoms with E-state index >= 15 is 0 Å². The largest absolute Gasteiger partial charge is 0.508 e. The van der Waals surface area contributed by atoms with Crippen molar-refractivity contribution in [1.82, 2.24) is 0 Å². The van der Waals surface area contributed by atoms with Crippen molar-refractivity contribution in [3.8, 4) is 50.3 Å². The van der Waals surface area contributed by atoms with Crippen molar-refractivity contribution in [1.29, 1.82) is 0 Å². The van der Waals surface area contributed by atoms with Crippen molar-refractivity contribution in [2.45, 2.75) is 6.42 Å². The molecule has 1 aliphatic carbocycles. The number of benzene rings is 7. The molecule has 7 aromatic carbocycles. The highest BCUT2D eigenvalue weighted by molar-refractivity contribution is 5.98. The van der Waals surface area contributed by atoms with Gasteiger partial charge in [0.1, 0.15) is 5.75 Å². The van der Waals surface area contributed by atoms with Crippen LogP contribution in [0.25, 0.3) is 66.1 Å². The van der Waals surface area contributed by atoms with E-state index in [2.05, 4.69) is 115 Å². The van der Waals surface area contributed by atoms with E-state index in [4.69, 9.17) is 0 Å². The first kappa shape index (κ1) is 22.8. The van der Waals surface area contributed by atoms with Crippen LogP contribution < -0.4 is 0 Å². The van der Waals surface area contributed by atoms with Crippen LogP contribution in [0.2, 0.25) is 0 Å². The fourth-order valence-corrected chi connectivity index (χ4v) is 6.47. The normalized spacial score (nSPS) is 12.0. The Morgan fingerprint density at radius 1 is 0.375 bits per heavy atom. The average molecular weight is 511 g/mol. The number of fused-ring (bicyclic) bond motifs is 5. The number of hydrogen-bond acceptors (Lipinski definition) is 1. The van der Waals surface area contributed by atoms with Gasteiger partial charge in [-0.25, -0.2) is 0 Å². The van der Waals surface area contributed by atoms with Gasteiger partial charge in [-0.1, -0.05) is 115 Å². The molecule has 1 heteroatoms. The van der Waals surface area contributed by atoms with E-state index in [9.17, 15) is 5.11 Å². The Kier molecular flexibility index (Phi) is 5.11. The third-order valence-corrected chi connectivity index (χ3v) is 8.41. The van der Waals surface area contributed by atoms with E-state index in [-0.39, 0.29) is 5.75 Å². The summed E-state index contributed by atoms with van der Waals surface area (Å²) < 4.78 is 0. The molecule has 0 fully saturated rings.